The number of halogens is 1. The highest BCUT2D eigenvalue weighted by Gasteiger charge is 2.30. The number of aromatic nitrogens is 2. The molecule has 1 fully saturated rings. The summed E-state index contributed by atoms with van der Waals surface area (Å²) in [7, 11) is 0. The molecule has 1 saturated carbocycles. The zero-order valence-corrected chi connectivity index (χ0v) is 18.2. The van der Waals surface area contributed by atoms with Crippen LogP contribution < -0.4 is 5.56 Å². The van der Waals surface area contributed by atoms with Gasteiger partial charge in [-0.25, -0.2) is 9.37 Å². The molecule has 1 aliphatic rings. The van der Waals surface area contributed by atoms with E-state index >= 15 is 0 Å². The van der Waals surface area contributed by atoms with Crippen LogP contribution in [-0.4, -0.2) is 20.5 Å². The number of nitriles is 1. The highest BCUT2D eigenvalue weighted by molar-refractivity contribution is 7.17. The van der Waals surface area contributed by atoms with Crippen LogP contribution in [-0.2, 0) is 19.6 Å². The lowest BCUT2D eigenvalue weighted by molar-refractivity contribution is 0.235. The molecule has 0 aliphatic heterocycles. The molecule has 7 heteroatoms. The molecule has 0 atom stereocenters. The number of hydrogen-bond acceptors (Lipinski definition) is 5. The quantitative estimate of drug-likeness (QED) is 0.405. The van der Waals surface area contributed by atoms with Gasteiger partial charge in [-0.05, 0) is 36.1 Å². The van der Waals surface area contributed by atoms with Gasteiger partial charge in [0.2, 0.25) is 0 Å². The molecule has 160 valence electrons. The predicted octanol–water partition coefficient (Wildman–Crippen LogP) is 4.95. The number of thiophene rings is 1. The maximum Gasteiger partial charge on any atom is 0.263 e. The molecule has 0 N–H and O–H groups in total. The van der Waals surface area contributed by atoms with E-state index in [4.69, 9.17) is 4.98 Å². The van der Waals surface area contributed by atoms with Gasteiger partial charge in [0.1, 0.15) is 23.0 Å². The second-order valence-electron chi connectivity index (χ2n) is 8.04. The van der Waals surface area contributed by atoms with Gasteiger partial charge in [0.05, 0.1) is 18.0 Å². The Morgan fingerprint density at radius 3 is 2.56 bits per heavy atom. The Hall–Kier alpha value is -3.34. The maximum absolute atomic E-state index is 13.5. The van der Waals surface area contributed by atoms with E-state index in [9.17, 15) is 14.4 Å². The Kier molecular flexibility index (Phi) is 5.56. The highest BCUT2D eigenvalue weighted by Crippen LogP contribution is 2.32. The van der Waals surface area contributed by atoms with Crippen molar-refractivity contribution >= 4 is 21.6 Å². The largest absolute Gasteiger partial charge is 0.289 e. The summed E-state index contributed by atoms with van der Waals surface area (Å²) in [6, 6.07) is 18.8. The minimum absolute atomic E-state index is 0.0454. The van der Waals surface area contributed by atoms with Crippen molar-refractivity contribution in [1.29, 1.82) is 5.26 Å². The monoisotopic (exact) mass is 444 g/mol. The molecule has 1 aliphatic carbocycles. The van der Waals surface area contributed by atoms with Crippen molar-refractivity contribution in [2.45, 2.75) is 38.5 Å². The van der Waals surface area contributed by atoms with Gasteiger partial charge in [-0.1, -0.05) is 42.5 Å². The molecule has 2 aromatic heterocycles. The smallest absolute Gasteiger partial charge is 0.263 e. The summed E-state index contributed by atoms with van der Waals surface area (Å²) in [5.41, 5.74) is 2.65. The Bertz CT molecular complexity index is 1350. The Morgan fingerprint density at radius 1 is 1.12 bits per heavy atom. The fourth-order valence-electron chi connectivity index (χ4n) is 4.01. The van der Waals surface area contributed by atoms with Crippen LogP contribution in [0.5, 0.6) is 0 Å². The highest BCUT2D eigenvalue weighted by atomic mass is 32.1. The SMILES string of the molecule is N#CCn1c(CN(Cc2ccc(F)cc2)C2CC2)nc2scc(-c3ccccc3)c2c1=O. The fraction of sp³-hybridized carbons (Fsp3) is 0.240. The van der Waals surface area contributed by atoms with Crippen LogP contribution in [0.15, 0.2) is 64.8 Å². The zero-order valence-electron chi connectivity index (χ0n) is 17.4. The van der Waals surface area contributed by atoms with Crippen LogP contribution in [0.3, 0.4) is 0 Å². The first-order valence-corrected chi connectivity index (χ1v) is 11.4. The third-order valence-electron chi connectivity index (χ3n) is 5.79. The van der Waals surface area contributed by atoms with Crippen LogP contribution in [0, 0.1) is 17.1 Å². The summed E-state index contributed by atoms with van der Waals surface area (Å²) in [4.78, 5) is 21.3. The van der Waals surface area contributed by atoms with E-state index in [0.717, 1.165) is 29.5 Å². The van der Waals surface area contributed by atoms with E-state index in [1.54, 1.807) is 12.1 Å². The van der Waals surface area contributed by atoms with E-state index in [2.05, 4.69) is 11.0 Å². The van der Waals surface area contributed by atoms with E-state index in [1.165, 1.54) is 28.0 Å². The van der Waals surface area contributed by atoms with Gasteiger partial charge in [0, 0.05) is 23.5 Å². The lowest BCUT2D eigenvalue weighted by atomic mass is 10.1. The molecule has 0 spiro atoms. The van der Waals surface area contributed by atoms with Gasteiger partial charge >= 0.3 is 0 Å². The number of nitrogens with zero attached hydrogens (tertiary/aromatic N) is 4. The molecular formula is C25H21FN4OS. The van der Waals surface area contributed by atoms with Gasteiger partial charge in [-0.15, -0.1) is 11.3 Å². The molecule has 4 aromatic rings. The van der Waals surface area contributed by atoms with Gasteiger partial charge < -0.3 is 0 Å². The second kappa shape index (κ2) is 8.65. The van der Waals surface area contributed by atoms with Crippen LogP contribution in [0.4, 0.5) is 4.39 Å². The molecule has 5 rings (SSSR count). The molecule has 0 bridgehead atoms. The molecule has 2 aromatic carbocycles. The summed E-state index contributed by atoms with van der Waals surface area (Å²) in [5, 5.41) is 11.9. The first-order valence-electron chi connectivity index (χ1n) is 10.6. The summed E-state index contributed by atoms with van der Waals surface area (Å²) >= 11 is 1.45. The summed E-state index contributed by atoms with van der Waals surface area (Å²) in [5.74, 6) is 0.341. The number of fused-ring (bicyclic) bond motifs is 1. The predicted molar refractivity (Wildman–Crippen MR) is 124 cm³/mol. The molecule has 0 unspecified atom stereocenters. The van der Waals surface area contributed by atoms with Crippen molar-refractivity contribution in [1.82, 2.24) is 14.5 Å². The molecule has 0 amide bonds. The van der Waals surface area contributed by atoms with Crippen molar-refractivity contribution < 1.29 is 4.39 Å². The van der Waals surface area contributed by atoms with Gasteiger partial charge in [0.25, 0.3) is 5.56 Å². The van der Waals surface area contributed by atoms with E-state index in [-0.39, 0.29) is 17.9 Å². The van der Waals surface area contributed by atoms with E-state index in [0.29, 0.717) is 35.2 Å². The Balaban J connectivity index is 1.54. The van der Waals surface area contributed by atoms with E-state index in [1.807, 2.05) is 35.7 Å². The van der Waals surface area contributed by atoms with E-state index < -0.39 is 0 Å². The lowest BCUT2D eigenvalue weighted by Crippen LogP contribution is -2.32. The average molecular weight is 445 g/mol. The van der Waals surface area contributed by atoms with Gasteiger partial charge in [-0.2, -0.15) is 5.26 Å². The molecular weight excluding hydrogens is 423 g/mol. The van der Waals surface area contributed by atoms with Gasteiger partial charge in [0.15, 0.2) is 0 Å². The van der Waals surface area contributed by atoms with Crippen LogP contribution >= 0.6 is 11.3 Å². The number of benzene rings is 2. The normalized spacial score (nSPS) is 13.5. The summed E-state index contributed by atoms with van der Waals surface area (Å²) in [6.07, 6.45) is 2.17. The Labute approximate surface area is 189 Å². The van der Waals surface area contributed by atoms with Crippen LogP contribution in [0.1, 0.15) is 24.2 Å². The third-order valence-corrected chi connectivity index (χ3v) is 6.67. The van der Waals surface area contributed by atoms with Crippen molar-refractivity contribution in [2.75, 3.05) is 0 Å². The van der Waals surface area contributed by atoms with Crippen molar-refractivity contribution in [3.8, 4) is 17.2 Å². The first kappa shape index (κ1) is 20.6. The third kappa shape index (κ3) is 4.07. The molecule has 0 saturated heterocycles. The molecule has 5 nitrogen and oxygen atoms in total. The first-order chi connectivity index (χ1) is 15.6. The topological polar surface area (TPSA) is 61.9 Å². The van der Waals surface area contributed by atoms with Gasteiger partial charge in [-0.3, -0.25) is 14.3 Å². The van der Waals surface area contributed by atoms with Crippen molar-refractivity contribution in [3.63, 3.8) is 0 Å². The Morgan fingerprint density at radius 2 is 1.88 bits per heavy atom. The molecule has 0 radical (unpaired) electrons. The van der Waals surface area contributed by atoms with Crippen molar-refractivity contribution in [3.05, 3.63) is 87.5 Å². The number of hydrogen-bond donors (Lipinski definition) is 0. The molecule has 32 heavy (non-hydrogen) atoms. The van der Waals surface area contributed by atoms with Crippen molar-refractivity contribution in [2.24, 2.45) is 0 Å². The maximum atomic E-state index is 13.5. The number of rotatable bonds is 7. The minimum Gasteiger partial charge on any atom is -0.289 e. The standard InChI is InChI=1S/C25H21FN4OS/c26-19-8-6-17(7-9-19)14-29(20-10-11-20)15-22-28-24-23(25(31)30(22)13-12-27)21(16-32-24)18-4-2-1-3-5-18/h1-9,16,20H,10-11,13-15H2. The molecule has 2 heterocycles. The zero-order chi connectivity index (χ0) is 22.1. The summed E-state index contributed by atoms with van der Waals surface area (Å²) in [6.45, 7) is 1.06. The lowest BCUT2D eigenvalue weighted by Gasteiger charge is -2.23. The average Bonchev–Trinajstić information content (AvgIpc) is 3.57. The minimum atomic E-state index is -0.256. The van der Waals surface area contributed by atoms with Crippen LogP contribution in [0.2, 0.25) is 0 Å². The van der Waals surface area contributed by atoms with Crippen LogP contribution in [0.25, 0.3) is 21.3 Å². The fourth-order valence-corrected chi connectivity index (χ4v) is 4.97. The second-order valence-corrected chi connectivity index (χ2v) is 8.89. The summed E-state index contributed by atoms with van der Waals surface area (Å²) < 4.78 is 14.8.